The third kappa shape index (κ3) is 6.68. The van der Waals surface area contributed by atoms with Gasteiger partial charge < -0.3 is 14.2 Å². The molecule has 2 fully saturated rings. The van der Waals surface area contributed by atoms with Gasteiger partial charge in [-0.25, -0.2) is 9.80 Å². The van der Waals surface area contributed by atoms with Gasteiger partial charge in [0.2, 0.25) is 0 Å². The number of carbonyl (C=O) groups is 3. The molecule has 36 heavy (non-hydrogen) atoms. The van der Waals surface area contributed by atoms with E-state index in [2.05, 4.69) is 0 Å². The van der Waals surface area contributed by atoms with Gasteiger partial charge in [0.05, 0.1) is 31.0 Å². The number of hydrogen-bond acceptors (Lipinski definition) is 7. The maximum atomic E-state index is 13.5. The fourth-order valence-corrected chi connectivity index (χ4v) is 4.06. The molecule has 1 saturated heterocycles. The molecule has 8 heteroatoms. The number of para-hydroxylation sites is 1. The lowest BCUT2D eigenvalue weighted by molar-refractivity contribution is -0.176. The molecule has 0 radical (unpaired) electrons. The lowest BCUT2D eigenvalue weighted by Gasteiger charge is -2.31. The van der Waals surface area contributed by atoms with Crippen LogP contribution < -0.4 is 5.01 Å². The van der Waals surface area contributed by atoms with Crippen molar-refractivity contribution in [2.24, 2.45) is 5.41 Å². The fraction of sp³-hybridized carbons (Fsp3) is 0.536. The van der Waals surface area contributed by atoms with Gasteiger partial charge in [0.25, 0.3) is 0 Å². The summed E-state index contributed by atoms with van der Waals surface area (Å²) < 4.78 is 16.5. The van der Waals surface area contributed by atoms with Crippen LogP contribution in [0.4, 0.5) is 10.5 Å². The summed E-state index contributed by atoms with van der Waals surface area (Å²) in [5, 5.41) is 3.33. The monoisotopic (exact) mass is 498 g/mol. The van der Waals surface area contributed by atoms with E-state index in [1.807, 2.05) is 42.5 Å². The van der Waals surface area contributed by atoms with Crippen LogP contribution in [0, 0.1) is 5.41 Å². The second kappa shape index (κ2) is 12.1. The summed E-state index contributed by atoms with van der Waals surface area (Å²) >= 11 is 0. The van der Waals surface area contributed by atoms with E-state index >= 15 is 0 Å². The van der Waals surface area contributed by atoms with Crippen LogP contribution in [0.1, 0.15) is 66.7 Å². The Morgan fingerprint density at radius 3 is 2.03 bits per heavy atom. The molecular weight excluding hydrogens is 460 g/mol. The molecule has 1 aliphatic heterocycles. The van der Waals surface area contributed by atoms with Gasteiger partial charge in [-0.05, 0) is 72.4 Å². The molecule has 8 nitrogen and oxygen atoms in total. The molecule has 196 valence electrons. The first kappa shape index (κ1) is 27.3. The molecule has 1 saturated carbocycles. The van der Waals surface area contributed by atoms with Gasteiger partial charge in [-0.1, -0.05) is 35.9 Å². The third-order valence-electron chi connectivity index (χ3n) is 6.00. The lowest BCUT2D eigenvalue weighted by atomic mass is 9.80. The van der Waals surface area contributed by atoms with Crippen molar-refractivity contribution >= 4 is 23.7 Å². The molecule has 1 aliphatic carbocycles. The summed E-state index contributed by atoms with van der Waals surface area (Å²) in [4.78, 5) is 39.6. The van der Waals surface area contributed by atoms with Crippen molar-refractivity contribution in [3.05, 3.63) is 53.8 Å². The van der Waals surface area contributed by atoms with Gasteiger partial charge in [-0.3, -0.25) is 14.6 Å². The van der Waals surface area contributed by atoms with Crippen molar-refractivity contribution in [2.45, 2.75) is 78.9 Å². The maximum absolute atomic E-state index is 13.5. The van der Waals surface area contributed by atoms with Gasteiger partial charge in [0.15, 0.2) is 5.41 Å². The first-order valence-electron chi connectivity index (χ1n) is 12.8. The second-order valence-electron chi connectivity index (χ2n) is 9.68. The summed E-state index contributed by atoms with van der Waals surface area (Å²) in [5.41, 5.74) is 1.29. The average Bonchev–Trinajstić information content (AvgIpc) is 3.55. The van der Waals surface area contributed by atoms with Gasteiger partial charge in [-0.2, -0.15) is 0 Å². The zero-order valence-electron chi connectivity index (χ0n) is 22.0. The number of anilines is 1. The molecule has 1 aromatic rings. The van der Waals surface area contributed by atoms with Gasteiger partial charge in [-0.15, -0.1) is 0 Å². The predicted octanol–water partition coefficient (Wildman–Crippen LogP) is 5.54. The van der Waals surface area contributed by atoms with Crippen LogP contribution in [0.25, 0.3) is 0 Å². The maximum Gasteiger partial charge on any atom is 0.429 e. The van der Waals surface area contributed by atoms with Crippen LogP contribution >= 0.6 is 0 Å². The minimum absolute atomic E-state index is 0.0865. The second-order valence-corrected chi connectivity index (χ2v) is 9.68. The highest BCUT2D eigenvalue weighted by atomic mass is 16.6. The van der Waals surface area contributed by atoms with Crippen LogP contribution in [0.5, 0.6) is 0 Å². The van der Waals surface area contributed by atoms with E-state index in [-0.39, 0.29) is 31.7 Å². The van der Waals surface area contributed by atoms with Crippen LogP contribution in [0.2, 0.25) is 0 Å². The van der Waals surface area contributed by atoms with Crippen LogP contribution in [-0.4, -0.2) is 48.4 Å². The van der Waals surface area contributed by atoms with E-state index in [9.17, 15) is 14.4 Å². The molecule has 0 atom stereocenters. The Balaban J connectivity index is 2.01. The Hall–Kier alpha value is -3.29. The van der Waals surface area contributed by atoms with Gasteiger partial charge >= 0.3 is 18.0 Å². The van der Waals surface area contributed by atoms with Crippen LogP contribution in [-0.2, 0) is 23.8 Å². The third-order valence-corrected chi connectivity index (χ3v) is 6.00. The average molecular weight is 499 g/mol. The van der Waals surface area contributed by atoms with Crippen molar-refractivity contribution in [2.75, 3.05) is 18.2 Å². The quantitative estimate of drug-likeness (QED) is 0.181. The molecule has 1 aromatic carbocycles. The minimum atomic E-state index is -1.52. The van der Waals surface area contributed by atoms with Crippen molar-refractivity contribution in [3.63, 3.8) is 0 Å². The molecule has 0 bridgehead atoms. The van der Waals surface area contributed by atoms with E-state index in [1.54, 1.807) is 39.6 Å². The topological polar surface area (TPSA) is 85.4 Å². The number of hydrogen-bond donors (Lipinski definition) is 0. The SMILES string of the molecule is CCOC(=O)N1CC/C(=C\CC(CC=C2CC2)(C(=O)OC(C)C)C(=O)OC(C)C)N1c1ccccc1. The van der Waals surface area contributed by atoms with Crippen molar-refractivity contribution < 1.29 is 28.6 Å². The summed E-state index contributed by atoms with van der Waals surface area (Å²) in [6.45, 7) is 9.50. The molecule has 1 amide bonds. The summed E-state index contributed by atoms with van der Waals surface area (Å²) in [6, 6.07) is 9.48. The normalized spacial score (nSPS) is 16.5. The molecule has 0 unspecified atom stereocenters. The molecule has 0 spiro atoms. The van der Waals surface area contributed by atoms with E-state index in [4.69, 9.17) is 14.2 Å². The van der Waals surface area contributed by atoms with E-state index in [0.29, 0.717) is 13.0 Å². The van der Waals surface area contributed by atoms with Gasteiger partial charge in [0, 0.05) is 12.1 Å². The van der Waals surface area contributed by atoms with Crippen LogP contribution in [0.15, 0.2) is 53.8 Å². The van der Waals surface area contributed by atoms with Crippen LogP contribution in [0.3, 0.4) is 0 Å². The van der Waals surface area contributed by atoms with E-state index in [1.165, 1.54) is 10.6 Å². The molecule has 3 rings (SSSR count). The number of allylic oxidation sites excluding steroid dienone is 3. The summed E-state index contributed by atoms with van der Waals surface area (Å²) in [7, 11) is 0. The standard InChI is InChI=1S/C28H38N2O6/c1-6-34-27(33)29-19-16-24(30(29)23-10-8-7-9-11-23)15-18-28(17-14-22-12-13-22,25(31)35-20(2)3)26(32)36-21(4)5/h7-11,14-15,20-21H,6,12-13,16-19H2,1-5H3/b24-15+. The Kier molecular flexibility index (Phi) is 9.18. The number of hydrazine groups is 1. The fourth-order valence-electron chi connectivity index (χ4n) is 4.06. The number of ether oxygens (including phenoxy) is 3. The minimum Gasteiger partial charge on any atom is -0.462 e. The number of benzene rings is 1. The van der Waals surface area contributed by atoms with E-state index < -0.39 is 23.4 Å². The Morgan fingerprint density at radius 2 is 1.50 bits per heavy atom. The zero-order chi connectivity index (χ0) is 26.3. The van der Waals surface area contributed by atoms with Gasteiger partial charge in [0.1, 0.15) is 0 Å². The Labute approximate surface area is 213 Å². The molecule has 0 aromatic heterocycles. The van der Waals surface area contributed by atoms with Crippen molar-refractivity contribution in [1.29, 1.82) is 0 Å². The van der Waals surface area contributed by atoms with Crippen molar-refractivity contribution in [3.8, 4) is 0 Å². The summed E-state index contributed by atoms with van der Waals surface area (Å²) in [6.07, 6.45) is 5.42. The van der Waals surface area contributed by atoms with Crippen molar-refractivity contribution in [1.82, 2.24) is 5.01 Å². The predicted molar refractivity (Wildman–Crippen MR) is 137 cm³/mol. The highest BCUT2D eigenvalue weighted by molar-refractivity contribution is 6.00. The Morgan fingerprint density at radius 1 is 0.917 bits per heavy atom. The molecule has 1 heterocycles. The first-order valence-corrected chi connectivity index (χ1v) is 12.8. The zero-order valence-corrected chi connectivity index (χ0v) is 22.0. The number of nitrogens with zero attached hydrogens (tertiary/aromatic N) is 2. The first-order chi connectivity index (χ1) is 17.2. The highest BCUT2D eigenvalue weighted by Gasteiger charge is 2.49. The number of carbonyl (C=O) groups excluding carboxylic acids is 3. The smallest absolute Gasteiger partial charge is 0.429 e. The molecule has 0 N–H and O–H groups in total. The largest absolute Gasteiger partial charge is 0.462 e. The van der Waals surface area contributed by atoms with E-state index in [0.717, 1.165) is 24.2 Å². The number of esters is 2. The molecular formula is C28H38N2O6. The number of amides is 1. The highest BCUT2D eigenvalue weighted by Crippen LogP contribution is 2.39. The molecule has 2 aliphatic rings. The summed E-state index contributed by atoms with van der Waals surface area (Å²) in [5.74, 6) is -1.19. The lowest BCUT2D eigenvalue weighted by Crippen LogP contribution is -2.44. The Bertz CT molecular complexity index is 971. The number of rotatable bonds is 10.